The van der Waals surface area contributed by atoms with Gasteiger partial charge in [0.2, 0.25) is 0 Å². The van der Waals surface area contributed by atoms with E-state index >= 15 is 0 Å². The third kappa shape index (κ3) is 1.80. The number of ether oxygens (including phenoxy) is 1. The Bertz CT molecular complexity index is 495. The third-order valence-corrected chi connectivity index (χ3v) is 3.22. The fraction of sp³-hybridized carbons (Fsp3) is 0.400. The van der Waals surface area contributed by atoms with Crippen LogP contribution in [0.2, 0.25) is 0 Å². The molecule has 2 aromatic rings. The van der Waals surface area contributed by atoms with Gasteiger partial charge in [-0.25, -0.2) is 9.97 Å². The first-order valence-electron chi connectivity index (χ1n) is 4.68. The SMILES string of the molecule is COC(C)c1nc(N)c2cc(C)sc2n1. The number of anilines is 1. The first-order chi connectivity index (χ1) is 7.11. The molecule has 2 aromatic heterocycles. The number of rotatable bonds is 2. The molecule has 0 aliphatic rings. The van der Waals surface area contributed by atoms with Crippen LogP contribution in [0.4, 0.5) is 5.82 Å². The van der Waals surface area contributed by atoms with Crippen LogP contribution in [0, 0.1) is 6.92 Å². The number of nitrogens with two attached hydrogens (primary N) is 1. The maximum Gasteiger partial charge on any atom is 0.160 e. The van der Waals surface area contributed by atoms with Crippen molar-refractivity contribution < 1.29 is 4.74 Å². The van der Waals surface area contributed by atoms with E-state index in [0.29, 0.717) is 11.6 Å². The van der Waals surface area contributed by atoms with Crippen molar-refractivity contribution in [3.8, 4) is 0 Å². The van der Waals surface area contributed by atoms with Gasteiger partial charge in [0, 0.05) is 12.0 Å². The third-order valence-electron chi connectivity index (χ3n) is 2.28. The largest absolute Gasteiger partial charge is 0.383 e. The first-order valence-corrected chi connectivity index (χ1v) is 5.50. The van der Waals surface area contributed by atoms with Crippen LogP contribution in [-0.4, -0.2) is 17.1 Å². The van der Waals surface area contributed by atoms with Crippen molar-refractivity contribution in [2.45, 2.75) is 20.0 Å². The zero-order valence-electron chi connectivity index (χ0n) is 8.94. The molecule has 0 radical (unpaired) electrons. The van der Waals surface area contributed by atoms with Crippen molar-refractivity contribution in [3.05, 3.63) is 16.8 Å². The molecule has 0 aliphatic heterocycles. The number of nitrogens with zero attached hydrogens (tertiary/aromatic N) is 2. The molecule has 5 heteroatoms. The second kappa shape index (κ2) is 3.75. The molecule has 0 aliphatic carbocycles. The lowest BCUT2D eigenvalue weighted by Gasteiger charge is -2.08. The van der Waals surface area contributed by atoms with Gasteiger partial charge in [0.15, 0.2) is 5.82 Å². The van der Waals surface area contributed by atoms with E-state index in [1.165, 1.54) is 4.88 Å². The second-order valence-electron chi connectivity index (χ2n) is 3.42. The van der Waals surface area contributed by atoms with Gasteiger partial charge in [0.1, 0.15) is 16.8 Å². The molecule has 1 atom stereocenters. The summed E-state index contributed by atoms with van der Waals surface area (Å²) < 4.78 is 5.17. The number of aryl methyl sites for hydroxylation is 1. The van der Waals surface area contributed by atoms with Crippen molar-refractivity contribution in [1.82, 2.24) is 9.97 Å². The van der Waals surface area contributed by atoms with Gasteiger partial charge in [-0.1, -0.05) is 0 Å². The zero-order chi connectivity index (χ0) is 11.0. The average molecular weight is 223 g/mol. The lowest BCUT2D eigenvalue weighted by molar-refractivity contribution is 0.112. The molecule has 4 nitrogen and oxygen atoms in total. The van der Waals surface area contributed by atoms with E-state index in [2.05, 4.69) is 9.97 Å². The van der Waals surface area contributed by atoms with Crippen molar-refractivity contribution in [2.24, 2.45) is 0 Å². The van der Waals surface area contributed by atoms with E-state index in [-0.39, 0.29) is 6.10 Å². The molecule has 0 aromatic carbocycles. The summed E-state index contributed by atoms with van der Waals surface area (Å²) in [5, 5.41) is 0.935. The molecule has 0 saturated heterocycles. The molecule has 0 bridgehead atoms. The molecule has 15 heavy (non-hydrogen) atoms. The Labute approximate surface area is 92.1 Å². The minimum atomic E-state index is -0.126. The van der Waals surface area contributed by atoms with E-state index < -0.39 is 0 Å². The molecule has 1 unspecified atom stereocenters. The molecule has 2 heterocycles. The Morgan fingerprint density at radius 3 is 2.87 bits per heavy atom. The molecular weight excluding hydrogens is 210 g/mol. The van der Waals surface area contributed by atoms with E-state index in [9.17, 15) is 0 Å². The van der Waals surface area contributed by atoms with Gasteiger partial charge in [-0.05, 0) is 19.9 Å². The number of methoxy groups -OCH3 is 1. The van der Waals surface area contributed by atoms with Crippen LogP contribution in [-0.2, 0) is 4.74 Å². The second-order valence-corrected chi connectivity index (χ2v) is 4.66. The normalized spacial score (nSPS) is 13.3. The van der Waals surface area contributed by atoms with Crippen LogP contribution >= 0.6 is 11.3 Å². The van der Waals surface area contributed by atoms with Crippen molar-refractivity contribution in [1.29, 1.82) is 0 Å². The van der Waals surface area contributed by atoms with E-state index in [1.54, 1.807) is 18.4 Å². The highest BCUT2D eigenvalue weighted by Gasteiger charge is 2.12. The van der Waals surface area contributed by atoms with Crippen LogP contribution < -0.4 is 5.73 Å². The number of nitrogen functional groups attached to an aromatic ring is 1. The van der Waals surface area contributed by atoms with Crippen LogP contribution in [0.1, 0.15) is 23.7 Å². The molecular formula is C10H13N3OS. The minimum absolute atomic E-state index is 0.126. The summed E-state index contributed by atoms with van der Waals surface area (Å²) in [6, 6.07) is 2.01. The van der Waals surface area contributed by atoms with Gasteiger partial charge in [0.25, 0.3) is 0 Å². The molecule has 80 valence electrons. The Hall–Kier alpha value is -1.20. The summed E-state index contributed by atoms with van der Waals surface area (Å²) in [6.45, 7) is 3.94. The fourth-order valence-corrected chi connectivity index (χ4v) is 2.26. The summed E-state index contributed by atoms with van der Waals surface area (Å²) in [4.78, 5) is 10.8. The summed E-state index contributed by atoms with van der Waals surface area (Å²) >= 11 is 1.62. The monoisotopic (exact) mass is 223 g/mol. The van der Waals surface area contributed by atoms with E-state index in [4.69, 9.17) is 10.5 Å². The van der Waals surface area contributed by atoms with Gasteiger partial charge >= 0.3 is 0 Å². The lowest BCUT2D eigenvalue weighted by atomic mass is 10.3. The number of hydrogen-bond acceptors (Lipinski definition) is 5. The van der Waals surface area contributed by atoms with Gasteiger partial charge in [-0.15, -0.1) is 11.3 Å². The number of fused-ring (bicyclic) bond motifs is 1. The number of thiophene rings is 1. The van der Waals surface area contributed by atoms with E-state index in [0.717, 1.165) is 10.2 Å². The van der Waals surface area contributed by atoms with Crippen LogP contribution in [0.5, 0.6) is 0 Å². The number of hydrogen-bond donors (Lipinski definition) is 1. The molecule has 0 fully saturated rings. The molecule has 2 rings (SSSR count). The van der Waals surface area contributed by atoms with Crippen LogP contribution in [0.15, 0.2) is 6.07 Å². The fourth-order valence-electron chi connectivity index (χ4n) is 1.37. The Morgan fingerprint density at radius 1 is 1.47 bits per heavy atom. The predicted octanol–water partition coefficient (Wildman–Crippen LogP) is 2.29. The summed E-state index contributed by atoms with van der Waals surface area (Å²) in [7, 11) is 1.63. The van der Waals surface area contributed by atoms with Gasteiger partial charge in [0.05, 0.1) is 5.39 Å². The first kappa shape index (κ1) is 10.3. The summed E-state index contributed by atoms with van der Waals surface area (Å²) in [5.74, 6) is 1.17. The summed E-state index contributed by atoms with van der Waals surface area (Å²) in [6.07, 6.45) is -0.126. The molecule has 0 amide bonds. The van der Waals surface area contributed by atoms with Crippen LogP contribution in [0.25, 0.3) is 10.2 Å². The highest BCUT2D eigenvalue weighted by Crippen LogP contribution is 2.28. The summed E-state index contributed by atoms with van der Waals surface area (Å²) in [5.41, 5.74) is 5.86. The molecule has 0 spiro atoms. The van der Waals surface area contributed by atoms with Gasteiger partial charge in [-0.2, -0.15) is 0 Å². The Morgan fingerprint density at radius 2 is 2.20 bits per heavy atom. The van der Waals surface area contributed by atoms with E-state index in [1.807, 2.05) is 19.9 Å². The standard InChI is InChI=1S/C10H13N3OS/c1-5-4-7-8(11)12-9(6(2)14-3)13-10(7)15-5/h4,6H,1-3H3,(H2,11,12,13). The Kier molecular flexibility index (Phi) is 2.58. The van der Waals surface area contributed by atoms with Crippen molar-refractivity contribution >= 4 is 27.4 Å². The number of aromatic nitrogens is 2. The smallest absolute Gasteiger partial charge is 0.160 e. The lowest BCUT2D eigenvalue weighted by Crippen LogP contribution is -2.05. The predicted molar refractivity (Wildman–Crippen MR) is 62.0 cm³/mol. The van der Waals surface area contributed by atoms with Crippen LogP contribution in [0.3, 0.4) is 0 Å². The maximum atomic E-state index is 5.86. The topological polar surface area (TPSA) is 61.0 Å². The minimum Gasteiger partial charge on any atom is -0.383 e. The quantitative estimate of drug-likeness (QED) is 0.848. The van der Waals surface area contributed by atoms with Gasteiger partial charge in [-0.3, -0.25) is 0 Å². The molecule has 2 N–H and O–H groups in total. The Balaban J connectivity index is 2.61. The molecule has 0 saturated carbocycles. The zero-order valence-corrected chi connectivity index (χ0v) is 9.76. The maximum absolute atomic E-state index is 5.86. The van der Waals surface area contributed by atoms with Crippen molar-refractivity contribution in [2.75, 3.05) is 12.8 Å². The highest BCUT2D eigenvalue weighted by molar-refractivity contribution is 7.18. The highest BCUT2D eigenvalue weighted by atomic mass is 32.1. The van der Waals surface area contributed by atoms with Gasteiger partial charge < -0.3 is 10.5 Å². The van der Waals surface area contributed by atoms with Crippen molar-refractivity contribution in [3.63, 3.8) is 0 Å². The average Bonchev–Trinajstić information content (AvgIpc) is 2.58.